The predicted octanol–water partition coefficient (Wildman–Crippen LogP) is 2.11. The fraction of sp³-hybridized carbons (Fsp3) is 0.450. The molecule has 0 saturated carbocycles. The Morgan fingerprint density at radius 1 is 1.23 bits per heavy atom. The van der Waals surface area contributed by atoms with Crippen LogP contribution < -0.4 is 10.6 Å². The molecule has 6 nitrogen and oxygen atoms in total. The first-order valence-corrected chi connectivity index (χ1v) is 9.08. The molecule has 0 spiro atoms. The second-order valence-electron chi connectivity index (χ2n) is 6.85. The Bertz CT molecular complexity index is 871. The van der Waals surface area contributed by atoms with Crippen LogP contribution in [0.25, 0.3) is 10.9 Å². The van der Waals surface area contributed by atoms with E-state index in [1.54, 1.807) is 6.20 Å². The molecule has 2 aromatic rings. The van der Waals surface area contributed by atoms with Crippen molar-refractivity contribution < 1.29 is 4.79 Å². The third kappa shape index (κ3) is 3.49. The third-order valence-corrected chi connectivity index (χ3v) is 5.10. The molecule has 0 bridgehead atoms. The molecule has 0 atom stereocenters. The Morgan fingerprint density at radius 2 is 2.00 bits per heavy atom. The number of carbonyl (C=O) groups excluding carboxylic acids is 1. The van der Waals surface area contributed by atoms with E-state index in [9.17, 15) is 10.1 Å². The van der Waals surface area contributed by atoms with Gasteiger partial charge in [0.1, 0.15) is 6.07 Å². The van der Waals surface area contributed by atoms with Gasteiger partial charge in [-0.15, -0.1) is 0 Å². The lowest BCUT2D eigenvalue weighted by molar-refractivity contribution is -0.130. The maximum Gasteiger partial charge on any atom is 0.223 e. The van der Waals surface area contributed by atoms with Crippen molar-refractivity contribution in [3.05, 3.63) is 35.0 Å². The lowest BCUT2D eigenvalue weighted by atomic mass is 10.0. The van der Waals surface area contributed by atoms with E-state index < -0.39 is 0 Å². The summed E-state index contributed by atoms with van der Waals surface area (Å²) >= 11 is 0. The van der Waals surface area contributed by atoms with E-state index in [2.05, 4.69) is 41.9 Å². The number of pyridine rings is 1. The highest BCUT2D eigenvalue weighted by molar-refractivity contribution is 5.95. The average Bonchev–Trinajstić information content (AvgIpc) is 2.88. The molecule has 3 rings (SSSR count). The number of amides is 1. The standard InChI is InChI=1S/C20H25N5O/c1-14-10-17-18(11-15(14)2)23-13-16(12-22)20(17)25-7-3-6-24(8-9-25)19(26)4-5-21/h10-11,13H,3-9,21H2,1-2H3. The van der Waals surface area contributed by atoms with Gasteiger partial charge in [0.2, 0.25) is 5.91 Å². The summed E-state index contributed by atoms with van der Waals surface area (Å²) in [5.41, 5.74) is 10.3. The van der Waals surface area contributed by atoms with Crippen molar-refractivity contribution in [2.24, 2.45) is 5.73 Å². The molecule has 6 heteroatoms. The second kappa shape index (κ2) is 7.71. The van der Waals surface area contributed by atoms with Gasteiger partial charge in [-0.05, 0) is 43.5 Å². The molecule has 2 heterocycles. The van der Waals surface area contributed by atoms with E-state index in [0.29, 0.717) is 31.6 Å². The van der Waals surface area contributed by atoms with Gasteiger partial charge in [0.15, 0.2) is 0 Å². The minimum Gasteiger partial charge on any atom is -0.368 e. The summed E-state index contributed by atoms with van der Waals surface area (Å²) in [7, 11) is 0. The summed E-state index contributed by atoms with van der Waals surface area (Å²) in [5, 5.41) is 10.6. The van der Waals surface area contributed by atoms with E-state index in [-0.39, 0.29) is 5.91 Å². The molecule has 1 aromatic heterocycles. The Hall–Kier alpha value is -2.65. The van der Waals surface area contributed by atoms with Crippen molar-refractivity contribution in [3.63, 3.8) is 0 Å². The molecule has 0 radical (unpaired) electrons. The molecule has 1 aliphatic rings. The molecule has 1 saturated heterocycles. The Morgan fingerprint density at radius 3 is 2.73 bits per heavy atom. The maximum atomic E-state index is 12.2. The fourth-order valence-electron chi connectivity index (χ4n) is 3.53. The second-order valence-corrected chi connectivity index (χ2v) is 6.85. The molecule has 1 fully saturated rings. The summed E-state index contributed by atoms with van der Waals surface area (Å²) in [6.07, 6.45) is 2.92. The van der Waals surface area contributed by atoms with Crippen molar-refractivity contribution in [1.29, 1.82) is 5.26 Å². The molecular weight excluding hydrogens is 326 g/mol. The van der Waals surface area contributed by atoms with Gasteiger partial charge in [-0.25, -0.2) is 0 Å². The number of carbonyl (C=O) groups is 1. The molecule has 136 valence electrons. The third-order valence-electron chi connectivity index (χ3n) is 5.10. The number of benzene rings is 1. The number of rotatable bonds is 3. The Kier molecular flexibility index (Phi) is 5.38. The van der Waals surface area contributed by atoms with Crippen molar-refractivity contribution in [1.82, 2.24) is 9.88 Å². The van der Waals surface area contributed by atoms with Gasteiger partial charge in [0.05, 0.1) is 16.8 Å². The van der Waals surface area contributed by atoms with Crippen LogP contribution in [0.1, 0.15) is 29.5 Å². The number of hydrogen-bond acceptors (Lipinski definition) is 5. The highest BCUT2D eigenvalue weighted by atomic mass is 16.2. The van der Waals surface area contributed by atoms with Gasteiger partial charge in [0, 0.05) is 50.7 Å². The van der Waals surface area contributed by atoms with Crippen LogP contribution in [0.15, 0.2) is 18.3 Å². The minimum absolute atomic E-state index is 0.112. The quantitative estimate of drug-likeness (QED) is 0.915. The molecule has 26 heavy (non-hydrogen) atoms. The van der Waals surface area contributed by atoms with Crippen LogP contribution in [-0.2, 0) is 4.79 Å². The fourth-order valence-corrected chi connectivity index (χ4v) is 3.53. The first-order chi connectivity index (χ1) is 12.5. The Balaban J connectivity index is 1.98. The largest absolute Gasteiger partial charge is 0.368 e. The average molecular weight is 351 g/mol. The van der Waals surface area contributed by atoms with Crippen LogP contribution >= 0.6 is 0 Å². The SMILES string of the molecule is Cc1cc2ncc(C#N)c(N3CCCN(C(=O)CCN)CC3)c2cc1C. The van der Waals surface area contributed by atoms with Crippen LogP contribution in [0.5, 0.6) is 0 Å². The van der Waals surface area contributed by atoms with E-state index >= 15 is 0 Å². The number of aryl methyl sites for hydroxylation is 2. The molecule has 1 amide bonds. The van der Waals surface area contributed by atoms with Gasteiger partial charge < -0.3 is 15.5 Å². The smallest absolute Gasteiger partial charge is 0.223 e. The zero-order chi connectivity index (χ0) is 18.7. The number of nitrogens with zero attached hydrogens (tertiary/aromatic N) is 4. The molecule has 2 N–H and O–H groups in total. The molecule has 0 unspecified atom stereocenters. The van der Waals surface area contributed by atoms with E-state index in [4.69, 9.17) is 5.73 Å². The van der Waals surface area contributed by atoms with Gasteiger partial charge in [-0.2, -0.15) is 5.26 Å². The lowest BCUT2D eigenvalue weighted by Gasteiger charge is -2.26. The first kappa shape index (κ1) is 18.2. The van der Waals surface area contributed by atoms with Crippen LogP contribution in [0.4, 0.5) is 5.69 Å². The number of fused-ring (bicyclic) bond motifs is 1. The molecule has 1 aromatic carbocycles. The zero-order valence-electron chi connectivity index (χ0n) is 15.5. The number of anilines is 1. The van der Waals surface area contributed by atoms with Gasteiger partial charge in [-0.3, -0.25) is 9.78 Å². The van der Waals surface area contributed by atoms with Crippen LogP contribution in [0.3, 0.4) is 0 Å². The van der Waals surface area contributed by atoms with E-state index in [1.807, 2.05) is 4.90 Å². The van der Waals surface area contributed by atoms with Crippen molar-refractivity contribution in [3.8, 4) is 6.07 Å². The molecular formula is C20H25N5O. The van der Waals surface area contributed by atoms with E-state index in [0.717, 1.165) is 36.1 Å². The van der Waals surface area contributed by atoms with Crippen molar-refractivity contribution in [2.75, 3.05) is 37.6 Å². The Labute approximate surface area is 154 Å². The highest BCUT2D eigenvalue weighted by Crippen LogP contribution is 2.32. The maximum absolute atomic E-state index is 12.2. The van der Waals surface area contributed by atoms with Crippen molar-refractivity contribution >= 4 is 22.5 Å². The minimum atomic E-state index is 0.112. The van der Waals surface area contributed by atoms with E-state index in [1.165, 1.54) is 11.1 Å². The normalized spacial score (nSPS) is 15.0. The molecule has 1 aliphatic heterocycles. The molecule has 0 aliphatic carbocycles. The lowest BCUT2D eigenvalue weighted by Crippen LogP contribution is -2.36. The van der Waals surface area contributed by atoms with Gasteiger partial charge in [-0.1, -0.05) is 0 Å². The van der Waals surface area contributed by atoms with Crippen LogP contribution in [-0.4, -0.2) is 48.5 Å². The zero-order valence-corrected chi connectivity index (χ0v) is 15.5. The van der Waals surface area contributed by atoms with Gasteiger partial charge in [0.25, 0.3) is 0 Å². The summed E-state index contributed by atoms with van der Waals surface area (Å²) in [4.78, 5) is 20.8. The van der Waals surface area contributed by atoms with Crippen LogP contribution in [0, 0.1) is 25.2 Å². The van der Waals surface area contributed by atoms with Crippen LogP contribution in [0.2, 0.25) is 0 Å². The summed E-state index contributed by atoms with van der Waals surface area (Å²) in [5.74, 6) is 0.112. The summed E-state index contributed by atoms with van der Waals surface area (Å²) in [6.45, 7) is 7.43. The number of nitrogens with two attached hydrogens (primary N) is 1. The monoisotopic (exact) mass is 351 g/mol. The summed E-state index contributed by atoms with van der Waals surface area (Å²) in [6, 6.07) is 6.49. The topological polar surface area (TPSA) is 86.2 Å². The predicted molar refractivity (Wildman–Crippen MR) is 103 cm³/mol. The number of aromatic nitrogens is 1. The first-order valence-electron chi connectivity index (χ1n) is 9.08. The highest BCUT2D eigenvalue weighted by Gasteiger charge is 2.22. The van der Waals surface area contributed by atoms with Crippen molar-refractivity contribution in [2.45, 2.75) is 26.7 Å². The van der Waals surface area contributed by atoms with Gasteiger partial charge >= 0.3 is 0 Å². The number of hydrogen-bond donors (Lipinski definition) is 1. The summed E-state index contributed by atoms with van der Waals surface area (Å²) < 4.78 is 0. The number of nitriles is 1.